The van der Waals surface area contributed by atoms with Crippen molar-refractivity contribution >= 4 is 11.7 Å². The number of anilines is 1. The summed E-state index contributed by atoms with van der Waals surface area (Å²) in [6.07, 6.45) is 1.01. The Morgan fingerprint density at radius 2 is 1.59 bits per heavy atom. The van der Waals surface area contributed by atoms with E-state index in [2.05, 4.69) is 42.7 Å². The average Bonchev–Trinajstić information content (AvgIpc) is 2.91. The Balaban J connectivity index is 0. The second-order valence-corrected chi connectivity index (χ2v) is 9.59. The van der Waals surface area contributed by atoms with Gasteiger partial charge >= 0.3 is 6.18 Å². The lowest BCUT2D eigenvalue weighted by molar-refractivity contribution is -0.137. The Morgan fingerprint density at radius 1 is 1.05 bits per heavy atom. The van der Waals surface area contributed by atoms with Gasteiger partial charge in [-0.3, -0.25) is 4.79 Å². The maximum Gasteiger partial charge on any atom is 0.416 e. The smallest absolute Gasteiger partial charge is 0.388 e. The fraction of sp³-hybridized carbons (Fsp3) is 0.793. The first-order valence-electron chi connectivity index (χ1n) is 14.1. The average molecular weight is 565 g/mol. The maximum absolute atomic E-state index is 13.0. The van der Waals surface area contributed by atoms with Crippen molar-refractivity contribution in [2.24, 2.45) is 5.92 Å². The molecule has 2 rings (SSSR count). The normalized spacial score (nSPS) is 14.6. The van der Waals surface area contributed by atoms with E-state index >= 15 is 0 Å². The number of amides is 1. The number of aromatic nitrogens is 1. The van der Waals surface area contributed by atoms with Crippen LogP contribution in [0.3, 0.4) is 0 Å². The molecule has 1 saturated heterocycles. The molecule has 1 aromatic rings. The lowest BCUT2D eigenvalue weighted by atomic mass is 9.98. The molecule has 2 heterocycles. The minimum Gasteiger partial charge on any atom is -0.388 e. The van der Waals surface area contributed by atoms with Crippen LogP contribution in [0.4, 0.5) is 19.0 Å². The standard InChI is InChI=1S/C19H29F3N4O.C5H12O.C3H8.C2H6O/c1-4-15(6-5-7-23-3)18(27)26-10-8-25(9-11-26)17-13-16(19(20,21)22)12-14(2)24-17;1-4-5(2)6-3;2*1-3-2/h12-13,15,23H,4-11H2,1-3H3;5H,4H2,1-3H3;3H2,1-2H3;1-2H3. The van der Waals surface area contributed by atoms with Crippen molar-refractivity contribution in [3.63, 3.8) is 0 Å². The number of pyridine rings is 1. The highest BCUT2D eigenvalue weighted by Crippen LogP contribution is 2.32. The number of piperazine rings is 1. The summed E-state index contributed by atoms with van der Waals surface area (Å²) in [6, 6.07) is 2.15. The molecule has 1 fully saturated rings. The van der Waals surface area contributed by atoms with E-state index < -0.39 is 11.7 Å². The Labute approximate surface area is 235 Å². The summed E-state index contributed by atoms with van der Waals surface area (Å²) in [5, 5.41) is 3.09. The predicted octanol–water partition coefficient (Wildman–Crippen LogP) is 6.19. The van der Waals surface area contributed by atoms with Crippen molar-refractivity contribution < 1.29 is 27.4 Å². The van der Waals surface area contributed by atoms with Crippen molar-refractivity contribution in [2.45, 2.75) is 85.9 Å². The molecule has 2 unspecified atom stereocenters. The molecule has 0 aromatic carbocycles. The quantitative estimate of drug-likeness (QED) is 0.361. The topological polar surface area (TPSA) is 66.9 Å². The van der Waals surface area contributed by atoms with Crippen LogP contribution in [0.1, 0.15) is 78.0 Å². The fourth-order valence-electron chi connectivity index (χ4n) is 3.58. The van der Waals surface area contributed by atoms with E-state index in [-0.39, 0.29) is 11.8 Å². The predicted molar refractivity (Wildman–Crippen MR) is 155 cm³/mol. The summed E-state index contributed by atoms with van der Waals surface area (Å²) in [4.78, 5) is 20.7. The summed E-state index contributed by atoms with van der Waals surface area (Å²) >= 11 is 0. The molecule has 0 bridgehead atoms. The Bertz CT molecular complexity index is 737. The van der Waals surface area contributed by atoms with E-state index in [0.717, 1.165) is 44.4 Å². The molecule has 7 nitrogen and oxygen atoms in total. The SMILES string of the molecule is CCC.CCC(C)OC.CCC(CCCNC)C(=O)N1CCN(c2cc(C(F)(F)F)cc(C)n2)CC1.COC. The van der Waals surface area contributed by atoms with Crippen LogP contribution in [0.2, 0.25) is 0 Å². The molecule has 10 heteroatoms. The van der Waals surface area contributed by atoms with Gasteiger partial charge in [-0.25, -0.2) is 4.98 Å². The van der Waals surface area contributed by atoms with E-state index in [1.54, 1.807) is 28.3 Å². The molecule has 1 N–H and O–H groups in total. The molecular weight excluding hydrogens is 509 g/mol. The number of carbonyl (C=O) groups excluding carboxylic acids is 1. The number of hydrogen-bond acceptors (Lipinski definition) is 6. The molecule has 0 radical (unpaired) electrons. The van der Waals surface area contributed by atoms with Gasteiger partial charge in [-0.15, -0.1) is 0 Å². The van der Waals surface area contributed by atoms with Crippen molar-refractivity contribution in [1.29, 1.82) is 0 Å². The van der Waals surface area contributed by atoms with Crippen molar-refractivity contribution in [3.8, 4) is 0 Å². The summed E-state index contributed by atoms with van der Waals surface area (Å²) in [7, 11) is 6.87. The highest BCUT2D eigenvalue weighted by molar-refractivity contribution is 5.79. The zero-order chi connectivity index (χ0) is 30.4. The number of halogens is 3. The van der Waals surface area contributed by atoms with Crippen molar-refractivity contribution in [2.75, 3.05) is 66.0 Å². The third kappa shape index (κ3) is 17.4. The number of aryl methyl sites for hydroxylation is 1. The molecule has 1 amide bonds. The second kappa shape index (κ2) is 22.9. The number of alkyl halides is 3. The largest absolute Gasteiger partial charge is 0.416 e. The summed E-state index contributed by atoms with van der Waals surface area (Å²) in [6.45, 7) is 14.9. The molecule has 0 saturated carbocycles. The molecule has 0 spiro atoms. The number of nitrogens with zero attached hydrogens (tertiary/aromatic N) is 3. The Morgan fingerprint density at radius 3 is 1.97 bits per heavy atom. The van der Waals surface area contributed by atoms with Gasteiger partial charge < -0.3 is 24.6 Å². The van der Waals surface area contributed by atoms with E-state index in [4.69, 9.17) is 4.74 Å². The van der Waals surface area contributed by atoms with E-state index in [0.29, 0.717) is 43.8 Å². The zero-order valence-electron chi connectivity index (χ0n) is 26.1. The highest BCUT2D eigenvalue weighted by atomic mass is 19.4. The molecule has 1 aromatic heterocycles. The minimum atomic E-state index is -4.39. The molecule has 1 aliphatic rings. The highest BCUT2D eigenvalue weighted by Gasteiger charge is 2.32. The van der Waals surface area contributed by atoms with Gasteiger partial charge in [0.1, 0.15) is 5.82 Å². The van der Waals surface area contributed by atoms with Crippen LogP contribution in [-0.4, -0.2) is 83.0 Å². The molecule has 1 aliphatic heterocycles. The molecule has 230 valence electrons. The summed E-state index contributed by atoms with van der Waals surface area (Å²) in [5.41, 5.74) is -0.340. The first kappa shape index (κ1) is 39.2. The Kier molecular flexibility index (Phi) is 23.0. The maximum atomic E-state index is 13.0. The van der Waals surface area contributed by atoms with Crippen LogP contribution in [-0.2, 0) is 20.4 Å². The lowest BCUT2D eigenvalue weighted by Crippen LogP contribution is -2.50. The summed E-state index contributed by atoms with van der Waals surface area (Å²) in [5.74, 6) is 0.496. The number of methoxy groups -OCH3 is 2. The van der Waals surface area contributed by atoms with Gasteiger partial charge in [0.15, 0.2) is 0 Å². The zero-order valence-corrected chi connectivity index (χ0v) is 26.1. The van der Waals surface area contributed by atoms with Gasteiger partial charge in [-0.2, -0.15) is 13.2 Å². The van der Waals surface area contributed by atoms with Crippen LogP contribution in [0, 0.1) is 12.8 Å². The van der Waals surface area contributed by atoms with Crippen LogP contribution < -0.4 is 10.2 Å². The first-order valence-corrected chi connectivity index (χ1v) is 14.1. The number of hydrogen-bond donors (Lipinski definition) is 1. The van der Waals surface area contributed by atoms with Crippen LogP contribution in [0.5, 0.6) is 0 Å². The van der Waals surface area contributed by atoms with Crippen molar-refractivity contribution in [1.82, 2.24) is 15.2 Å². The van der Waals surface area contributed by atoms with Gasteiger partial charge in [-0.05, 0) is 65.3 Å². The fourth-order valence-corrected chi connectivity index (χ4v) is 3.58. The minimum absolute atomic E-state index is 0.0128. The third-order valence-corrected chi connectivity index (χ3v) is 5.98. The third-order valence-electron chi connectivity index (χ3n) is 5.98. The van der Waals surface area contributed by atoms with E-state index in [9.17, 15) is 18.0 Å². The van der Waals surface area contributed by atoms with Crippen LogP contribution >= 0.6 is 0 Å². The second-order valence-electron chi connectivity index (χ2n) is 9.59. The molecular formula is C29H55F3N4O3. The van der Waals surface area contributed by atoms with Crippen molar-refractivity contribution in [3.05, 3.63) is 23.4 Å². The van der Waals surface area contributed by atoms with Gasteiger partial charge in [0, 0.05) is 59.1 Å². The number of rotatable bonds is 9. The summed E-state index contributed by atoms with van der Waals surface area (Å²) < 4.78 is 48.3. The number of carbonyl (C=O) groups is 1. The lowest BCUT2D eigenvalue weighted by Gasteiger charge is -2.37. The number of ether oxygens (including phenoxy) is 2. The monoisotopic (exact) mass is 564 g/mol. The van der Waals surface area contributed by atoms with E-state index in [1.165, 1.54) is 6.42 Å². The Hall–Kier alpha value is -1.91. The van der Waals surface area contributed by atoms with Gasteiger partial charge in [-0.1, -0.05) is 34.1 Å². The first-order chi connectivity index (χ1) is 18.4. The molecule has 39 heavy (non-hydrogen) atoms. The van der Waals surface area contributed by atoms with Crippen LogP contribution in [0.25, 0.3) is 0 Å². The van der Waals surface area contributed by atoms with Gasteiger partial charge in [0.2, 0.25) is 5.91 Å². The van der Waals surface area contributed by atoms with Gasteiger partial charge in [0.05, 0.1) is 11.7 Å². The molecule has 0 aliphatic carbocycles. The number of nitrogens with one attached hydrogen (secondary N) is 1. The van der Waals surface area contributed by atoms with Gasteiger partial charge in [0.25, 0.3) is 0 Å². The molecule has 2 atom stereocenters. The van der Waals surface area contributed by atoms with Crippen LogP contribution in [0.15, 0.2) is 12.1 Å². The van der Waals surface area contributed by atoms with E-state index in [1.807, 2.05) is 23.8 Å².